The summed E-state index contributed by atoms with van der Waals surface area (Å²) in [6, 6.07) is 0. The van der Waals surface area contributed by atoms with Crippen LogP contribution in [0.4, 0.5) is 0 Å². The van der Waals surface area contributed by atoms with Gasteiger partial charge in [0.2, 0.25) is 0 Å². The van der Waals surface area contributed by atoms with E-state index in [1.807, 2.05) is 0 Å². The number of hydrogen-bond acceptors (Lipinski definition) is 0. The van der Waals surface area contributed by atoms with Gasteiger partial charge in [-0.25, -0.2) is 0 Å². The van der Waals surface area contributed by atoms with Crippen LogP contribution in [0, 0.1) is 67.3 Å². The van der Waals surface area contributed by atoms with Crippen LogP contribution in [0.5, 0.6) is 0 Å². The Morgan fingerprint density at radius 3 is 0.955 bits per heavy atom. The van der Waals surface area contributed by atoms with E-state index in [9.17, 15) is 0 Å². The third kappa shape index (κ3) is 93.3. The molecule has 0 bridgehead atoms. The standard InChI is InChI=1S/C15H25.C14H26.15Y.8H2/c1-6-7-8-10-14(4)11-9-12-15(5)13(2)3;1-6-7-9-13(4)10-8-11-14(5)12(2)3;;;;;;;;;;;;;;;;;;;;;;;/h8-9,13H,1,7,10-12H2,2-5H3;7-8,12H,6,9-11H2,1-5H3;;;;;;;;;;;;;;;;8*1H/q-5;-4;;;;;;;;;;;;;;;;;;;;;;;. The summed E-state index contributed by atoms with van der Waals surface area (Å²) in [5.74, 6) is 7.73. The first-order valence-corrected chi connectivity index (χ1v) is 11.7. The molecule has 44 heavy (non-hydrogen) atoms. The molecule has 0 N–H and O–H groups in total. The molecule has 0 spiro atoms. The van der Waals surface area contributed by atoms with Crippen LogP contribution in [-0.4, -0.2) is 0 Å². The Kier molecular flexibility index (Phi) is 232. The second-order valence-corrected chi connectivity index (χ2v) is 9.16. The zero-order chi connectivity index (χ0) is 22.7. The van der Waals surface area contributed by atoms with Gasteiger partial charge >= 0.3 is 0 Å². The molecule has 0 fully saturated rings. The summed E-state index contributed by atoms with van der Waals surface area (Å²) in [6.45, 7) is 23.8. The normalized spacial score (nSPS) is 7.80. The van der Waals surface area contributed by atoms with Crippen LogP contribution in [0.25, 0.3) is 0 Å². The zero-order valence-corrected chi connectivity index (χ0v) is 72.6. The van der Waals surface area contributed by atoms with Gasteiger partial charge in [0.05, 0.1) is 0 Å². The minimum absolute atomic E-state index is 0. The molecule has 0 aliphatic rings. The summed E-state index contributed by atoms with van der Waals surface area (Å²) >= 11 is 0. The predicted molar refractivity (Wildman–Crippen MR) is 151 cm³/mol. The molecule has 0 aromatic heterocycles. The summed E-state index contributed by atoms with van der Waals surface area (Å²) < 4.78 is 0. The van der Waals surface area contributed by atoms with Crippen molar-refractivity contribution >= 4 is 0 Å². The van der Waals surface area contributed by atoms with Gasteiger partial charge in [0.1, 0.15) is 0 Å². The molecule has 0 heterocycles. The molecule has 0 aliphatic carbocycles. The Hall–Kier alpha value is 16.3. The van der Waals surface area contributed by atoms with Crippen molar-refractivity contribution in [1.82, 2.24) is 0 Å². The van der Waals surface area contributed by atoms with E-state index in [1.54, 1.807) is 17.8 Å². The Bertz CT molecular complexity index is 400. The van der Waals surface area contributed by atoms with E-state index >= 15 is 0 Å². The first-order valence-electron chi connectivity index (χ1n) is 11.7. The van der Waals surface area contributed by atoms with Gasteiger partial charge in [-0.2, -0.15) is 46.0 Å². The second kappa shape index (κ2) is 90.1. The molecule has 0 unspecified atom stereocenters. The number of rotatable bonds is 17. The van der Waals surface area contributed by atoms with Crippen molar-refractivity contribution in [2.45, 2.75) is 114 Å². The second-order valence-electron chi connectivity index (χ2n) is 9.16. The molecule has 0 aliphatic heterocycles. The minimum atomic E-state index is 0. The third-order valence-electron chi connectivity index (χ3n) is 5.45. The van der Waals surface area contributed by atoms with Crippen LogP contribution in [0.3, 0.4) is 0 Å². The molecule has 0 aromatic rings. The van der Waals surface area contributed by atoms with Crippen LogP contribution in [-0.2, 0) is 491 Å². The molecular weight excluding hydrogens is 1680 g/mol. The molecular formula is C29H67Y15-9. The molecule has 0 nitrogen and oxygen atoms in total. The van der Waals surface area contributed by atoms with Crippen LogP contribution in [0.1, 0.15) is 125 Å². The van der Waals surface area contributed by atoms with Crippen LogP contribution in [0.15, 0.2) is 6.58 Å². The molecule has 0 saturated heterocycles. The van der Waals surface area contributed by atoms with Gasteiger partial charge in [0.15, 0.2) is 0 Å². The van der Waals surface area contributed by atoms with Crippen molar-refractivity contribution in [1.29, 1.82) is 0 Å². The average molecular weight is 1750 g/mol. The van der Waals surface area contributed by atoms with Crippen molar-refractivity contribution in [3.05, 3.63) is 62.0 Å². The summed E-state index contributed by atoms with van der Waals surface area (Å²) in [6.07, 6.45) is 21.3. The molecule has 15 radical (unpaired) electrons. The van der Waals surface area contributed by atoms with E-state index in [1.165, 1.54) is 31.6 Å². The van der Waals surface area contributed by atoms with Crippen LogP contribution in [0.2, 0.25) is 0 Å². The summed E-state index contributed by atoms with van der Waals surface area (Å²) in [5.41, 5.74) is 0. The number of unbranched alkanes of at least 4 members (excludes halogenated alkanes) is 2. The Morgan fingerprint density at radius 1 is 0.477 bits per heavy atom. The minimum Gasteiger partial charge on any atom is -0.534 e. The van der Waals surface area contributed by atoms with Gasteiger partial charge in [-0.05, 0) is 0 Å². The van der Waals surface area contributed by atoms with Gasteiger partial charge in [-0.3, -0.25) is 6.58 Å². The van der Waals surface area contributed by atoms with E-state index in [2.05, 4.69) is 101 Å². The van der Waals surface area contributed by atoms with Crippen molar-refractivity contribution in [3.63, 3.8) is 0 Å². The molecule has 0 amide bonds. The van der Waals surface area contributed by atoms with Gasteiger partial charge in [-0.15, -0.1) is 0 Å². The number of allylic oxidation sites excluding steroid dienone is 1. The fraction of sp³-hybridized carbons (Fsp3) is 0.655. The van der Waals surface area contributed by atoms with E-state index in [0.717, 1.165) is 31.6 Å². The summed E-state index contributed by atoms with van der Waals surface area (Å²) in [5, 5.41) is 0. The van der Waals surface area contributed by atoms with E-state index in [4.69, 9.17) is 0 Å². The first kappa shape index (κ1) is 113. The van der Waals surface area contributed by atoms with Gasteiger partial charge < -0.3 is 100 Å². The van der Waals surface area contributed by atoms with Crippen LogP contribution < -0.4 is 0 Å². The fourth-order valence-corrected chi connectivity index (χ4v) is 2.54. The summed E-state index contributed by atoms with van der Waals surface area (Å²) in [7, 11) is 0. The van der Waals surface area contributed by atoms with Crippen molar-refractivity contribution < 1.29 is 502 Å². The predicted octanol–water partition coefficient (Wildman–Crippen LogP) is 11.5. The van der Waals surface area contributed by atoms with Crippen LogP contribution >= 0.6 is 0 Å². The Balaban J connectivity index is -0.00000000846. The smallest absolute Gasteiger partial charge is 0 e. The maximum absolute atomic E-state index is 3.59. The van der Waals surface area contributed by atoms with Gasteiger partial charge in [0.25, 0.3) is 0 Å². The van der Waals surface area contributed by atoms with Gasteiger partial charge in [0, 0.05) is 502 Å². The van der Waals surface area contributed by atoms with E-state index in [0.29, 0.717) is 5.92 Å². The Labute approximate surface area is 670 Å². The molecule has 0 rings (SSSR count). The quantitative estimate of drug-likeness (QED) is 0.101. The van der Waals surface area contributed by atoms with Gasteiger partial charge in [-0.1, -0.05) is 34.6 Å². The van der Waals surface area contributed by atoms with E-state index in [-0.39, 0.29) is 502 Å². The fourth-order valence-electron chi connectivity index (χ4n) is 2.54. The first-order chi connectivity index (χ1) is 13.6. The SMILES string of the molecule is C=[C-]C[CH-]C[C-](C)C[CH-]C[C-](C)C(C)C.CC[CH-]C[C-](C)C[CH-]C[C-](C)C(C)C.[HH].[HH].[HH].[HH].[HH].[HH].[HH].[HH].[Y].[Y].[Y].[Y].[Y].[Y].[Y].[Y].[Y].[Y].[Y].[Y].[Y].[Y].[Y]. The monoisotopic (exact) mass is 1750 g/mol. The maximum atomic E-state index is 3.59. The van der Waals surface area contributed by atoms with Crippen molar-refractivity contribution in [2.24, 2.45) is 11.8 Å². The molecule has 237 valence electrons. The third-order valence-corrected chi connectivity index (χ3v) is 5.45. The largest absolute Gasteiger partial charge is 0.534 e. The topological polar surface area (TPSA) is 0 Å². The number of hydrogen-bond donors (Lipinski definition) is 0. The zero-order valence-electron chi connectivity index (χ0n) is 30.0. The molecule has 15 heteroatoms. The Morgan fingerprint density at radius 2 is 0.727 bits per heavy atom. The van der Waals surface area contributed by atoms with Crippen molar-refractivity contribution in [2.75, 3.05) is 0 Å². The summed E-state index contributed by atoms with van der Waals surface area (Å²) in [4.78, 5) is 0. The van der Waals surface area contributed by atoms with Crippen molar-refractivity contribution in [3.8, 4) is 0 Å². The van der Waals surface area contributed by atoms with E-state index < -0.39 is 0 Å². The average Bonchev–Trinajstić information content (AvgIpc) is 2.66. The molecule has 0 aromatic carbocycles. The maximum Gasteiger partial charge on any atom is 0 e. The molecule has 0 atom stereocenters. The molecule has 0 saturated carbocycles.